The molecule has 0 saturated carbocycles. The molecule has 2 rings (SSSR count). The number of hydrazine groups is 1. The minimum Gasteiger partial charge on any atom is -0.497 e. The largest absolute Gasteiger partial charge is 0.497 e. The minimum atomic E-state index is -0.348. The van der Waals surface area contributed by atoms with Crippen molar-refractivity contribution in [2.75, 3.05) is 7.11 Å². The standard InChI is InChI=1S/C16H16N2O3/c1-21-14-9-7-12(8-10-14)11-15(19)17-18-16(20)13-5-3-2-4-6-13/h2-10H,11H2,1H3,(H,17,19)(H,18,20). The number of rotatable bonds is 4. The first-order chi connectivity index (χ1) is 10.2. The van der Waals surface area contributed by atoms with Crippen LogP contribution >= 0.6 is 0 Å². The molecule has 0 saturated heterocycles. The Hall–Kier alpha value is -2.82. The van der Waals surface area contributed by atoms with Crippen molar-refractivity contribution in [2.24, 2.45) is 0 Å². The van der Waals surface area contributed by atoms with Crippen LogP contribution in [-0.2, 0) is 11.2 Å². The number of benzene rings is 2. The maximum absolute atomic E-state index is 11.7. The summed E-state index contributed by atoms with van der Waals surface area (Å²) in [4.78, 5) is 23.5. The topological polar surface area (TPSA) is 67.4 Å². The fourth-order valence-corrected chi connectivity index (χ4v) is 1.76. The van der Waals surface area contributed by atoms with E-state index in [1.165, 1.54) is 0 Å². The van der Waals surface area contributed by atoms with Crippen molar-refractivity contribution in [3.63, 3.8) is 0 Å². The van der Waals surface area contributed by atoms with E-state index in [4.69, 9.17) is 4.74 Å². The summed E-state index contributed by atoms with van der Waals surface area (Å²) in [6, 6.07) is 15.8. The lowest BCUT2D eigenvalue weighted by Gasteiger charge is -2.07. The van der Waals surface area contributed by atoms with Crippen LogP contribution in [0.5, 0.6) is 5.75 Å². The maximum atomic E-state index is 11.7. The van der Waals surface area contributed by atoms with Crippen LogP contribution in [0.3, 0.4) is 0 Å². The van der Waals surface area contributed by atoms with Gasteiger partial charge < -0.3 is 4.74 Å². The van der Waals surface area contributed by atoms with E-state index in [1.807, 2.05) is 6.07 Å². The zero-order valence-electron chi connectivity index (χ0n) is 11.6. The van der Waals surface area contributed by atoms with Crippen LogP contribution in [0.4, 0.5) is 0 Å². The van der Waals surface area contributed by atoms with Gasteiger partial charge in [0.25, 0.3) is 5.91 Å². The number of hydrogen-bond acceptors (Lipinski definition) is 3. The van der Waals surface area contributed by atoms with Gasteiger partial charge in [0, 0.05) is 5.56 Å². The molecule has 0 unspecified atom stereocenters. The number of carbonyl (C=O) groups excluding carboxylic acids is 2. The van der Waals surface area contributed by atoms with Crippen molar-refractivity contribution < 1.29 is 14.3 Å². The zero-order chi connectivity index (χ0) is 15.1. The van der Waals surface area contributed by atoms with Crippen molar-refractivity contribution in [3.8, 4) is 5.75 Å². The molecule has 0 aromatic heterocycles. The minimum absolute atomic E-state index is 0.180. The van der Waals surface area contributed by atoms with E-state index < -0.39 is 0 Å². The second-order valence-corrected chi connectivity index (χ2v) is 4.39. The molecule has 2 N–H and O–H groups in total. The van der Waals surface area contributed by atoms with E-state index in [9.17, 15) is 9.59 Å². The third-order valence-electron chi connectivity index (χ3n) is 2.88. The van der Waals surface area contributed by atoms with Gasteiger partial charge in [-0.3, -0.25) is 20.4 Å². The summed E-state index contributed by atoms with van der Waals surface area (Å²) in [5.74, 6) is 0.0969. The molecule has 0 radical (unpaired) electrons. The first-order valence-corrected chi connectivity index (χ1v) is 6.46. The Balaban J connectivity index is 1.83. The molecule has 0 aliphatic rings. The second kappa shape index (κ2) is 7.09. The second-order valence-electron chi connectivity index (χ2n) is 4.39. The normalized spacial score (nSPS) is 9.76. The van der Waals surface area contributed by atoms with E-state index >= 15 is 0 Å². The number of amides is 2. The number of nitrogens with one attached hydrogen (secondary N) is 2. The van der Waals surface area contributed by atoms with Crippen LogP contribution in [0.15, 0.2) is 54.6 Å². The van der Waals surface area contributed by atoms with Gasteiger partial charge in [-0.15, -0.1) is 0 Å². The predicted octanol–water partition coefficient (Wildman–Crippen LogP) is 1.70. The summed E-state index contributed by atoms with van der Waals surface area (Å²) in [5, 5.41) is 0. The molecular weight excluding hydrogens is 268 g/mol. The van der Waals surface area contributed by atoms with Gasteiger partial charge in [-0.25, -0.2) is 0 Å². The fourth-order valence-electron chi connectivity index (χ4n) is 1.76. The van der Waals surface area contributed by atoms with E-state index in [0.717, 1.165) is 11.3 Å². The highest BCUT2D eigenvalue weighted by molar-refractivity contribution is 5.95. The average molecular weight is 284 g/mol. The molecule has 2 aromatic carbocycles. The summed E-state index contributed by atoms with van der Waals surface area (Å²) in [5.41, 5.74) is 6.09. The number of hydrogen-bond donors (Lipinski definition) is 2. The fraction of sp³-hybridized carbons (Fsp3) is 0.125. The summed E-state index contributed by atoms with van der Waals surface area (Å²) >= 11 is 0. The van der Waals surface area contributed by atoms with Crippen LogP contribution in [0.2, 0.25) is 0 Å². The van der Waals surface area contributed by atoms with Gasteiger partial charge in [0.15, 0.2) is 0 Å². The number of methoxy groups -OCH3 is 1. The van der Waals surface area contributed by atoms with Crippen molar-refractivity contribution in [1.82, 2.24) is 10.9 Å². The molecule has 2 amide bonds. The van der Waals surface area contributed by atoms with Crippen molar-refractivity contribution in [1.29, 1.82) is 0 Å². The quantitative estimate of drug-likeness (QED) is 0.840. The molecular formula is C16H16N2O3. The van der Waals surface area contributed by atoms with Crippen molar-refractivity contribution in [2.45, 2.75) is 6.42 Å². The Morgan fingerprint density at radius 1 is 0.952 bits per heavy atom. The van der Waals surface area contributed by atoms with Crippen LogP contribution in [-0.4, -0.2) is 18.9 Å². The summed E-state index contributed by atoms with van der Waals surface area (Å²) < 4.78 is 5.04. The molecule has 0 aliphatic heterocycles. The Kier molecular flexibility index (Phi) is 4.93. The van der Waals surface area contributed by atoms with Crippen LogP contribution in [0.1, 0.15) is 15.9 Å². The molecule has 21 heavy (non-hydrogen) atoms. The Bertz CT molecular complexity index is 609. The van der Waals surface area contributed by atoms with Gasteiger partial charge in [-0.2, -0.15) is 0 Å². The predicted molar refractivity (Wildman–Crippen MR) is 78.7 cm³/mol. The summed E-state index contributed by atoms with van der Waals surface area (Å²) in [6.45, 7) is 0. The van der Waals surface area contributed by atoms with Gasteiger partial charge in [-0.1, -0.05) is 30.3 Å². The third-order valence-corrected chi connectivity index (χ3v) is 2.88. The lowest BCUT2D eigenvalue weighted by Crippen LogP contribution is -2.42. The first kappa shape index (κ1) is 14.6. The lowest BCUT2D eigenvalue weighted by atomic mass is 10.1. The molecule has 0 fully saturated rings. The van der Waals surface area contributed by atoms with E-state index in [0.29, 0.717) is 5.56 Å². The summed E-state index contributed by atoms with van der Waals surface area (Å²) in [6.07, 6.45) is 0.180. The monoisotopic (exact) mass is 284 g/mol. The van der Waals surface area contributed by atoms with E-state index in [-0.39, 0.29) is 18.2 Å². The Morgan fingerprint density at radius 2 is 1.62 bits per heavy atom. The maximum Gasteiger partial charge on any atom is 0.269 e. The molecule has 0 atom stereocenters. The number of carbonyl (C=O) groups is 2. The Morgan fingerprint density at radius 3 is 2.24 bits per heavy atom. The van der Waals surface area contributed by atoms with Crippen molar-refractivity contribution in [3.05, 3.63) is 65.7 Å². The van der Waals surface area contributed by atoms with Gasteiger partial charge in [0.2, 0.25) is 5.91 Å². The Labute approximate surface area is 122 Å². The zero-order valence-corrected chi connectivity index (χ0v) is 11.6. The van der Waals surface area contributed by atoms with Crippen LogP contribution in [0.25, 0.3) is 0 Å². The van der Waals surface area contributed by atoms with Gasteiger partial charge in [0.1, 0.15) is 5.75 Å². The van der Waals surface area contributed by atoms with Crippen LogP contribution < -0.4 is 15.6 Å². The number of ether oxygens (including phenoxy) is 1. The highest BCUT2D eigenvalue weighted by atomic mass is 16.5. The molecule has 5 heteroatoms. The lowest BCUT2D eigenvalue weighted by molar-refractivity contribution is -0.121. The highest BCUT2D eigenvalue weighted by Gasteiger charge is 2.07. The molecule has 0 aliphatic carbocycles. The first-order valence-electron chi connectivity index (χ1n) is 6.46. The van der Waals surface area contributed by atoms with Crippen LogP contribution in [0, 0.1) is 0 Å². The van der Waals surface area contributed by atoms with Crippen molar-refractivity contribution >= 4 is 11.8 Å². The third kappa shape index (κ3) is 4.35. The van der Waals surface area contributed by atoms with Gasteiger partial charge >= 0.3 is 0 Å². The van der Waals surface area contributed by atoms with E-state index in [2.05, 4.69) is 10.9 Å². The van der Waals surface area contributed by atoms with E-state index in [1.54, 1.807) is 55.6 Å². The molecule has 2 aromatic rings. The summed E-state index contributed by atoms with van der Waals surface area (Å²) in [7, 11) is 1.58. The highest BCUT2D eigenvalue weighted by Crippen LogP contribution is 2.11. The SMILES string of the molecule is COc1ccc(CC(=O)NNC(=O)c2ccccc2)cc1. The van der Waals surface area contributed by atoms with Gasteiger partial charge in [-0.05, 0) is 29.8 Å². The molecule has 0 heterocycles. The van der Waals surface area contributed by atoms with Gasteiger partial charge in [0.05, 0.1) is 13.5 Å². The molecule has 108 valence electrons. The average Bonchev–Trinajstić information content (AvgIpc) is 2.54. The molecule has 5 nitrogen and oxygen atoms in total. The molecule has 0 spiro atoms. The molecule has 0 bridgehead atoms. The smallest absolute Gasteiger partial charge is 0.269 e.